The van der Waals surface area contributed by atoms with Crippen LogP contribution in [0.2, 0.25) is 0 Å². The Morgan fingerprint density at radius 2 is 1.52 bits per heavy atom. The number of sulfonamides is 1. The van der Waals surface area contributed by atoms with Gasteiger partial charge in [0.05, 0.1) is 4.90 Å². The van der Waals surface area contributed by atoms with Crippen LogP contribution in [0.15, 0.2) is 47.4 Å². The summed E-state index contributed by atoms with van der Waals surface area (Å²) in [5, 5.41) is 2.72. The smallest absolute Gasteiger partial charge is 0.251 e. The van der Waals surface area contributed by atoms with Crippen LogP contribution in [0, 0.1) is 13.8 Å². The Morgan fingerprint density at radius 1 is 0.963 bits per heavy atom. The van der Waals surface area contributed by atoms with Crippen molar-refractivity contribution in [3.8, 4) is 0 Å². The molecule has 0 aliphatic rings. The number of aryl methyl sites for hydroxylation is 2. The first-order chi connectivity index (χ1) is 12.5. The van der Waals surface area contributed by atoms with Crippen molar-refractivity contribution in [3.05, 3.63) is 64.7 Å². The first-order valence-electron chi connectivity index (χ1n) is 8.97. The first-order valence-corrected chi connectivity index (χ1v) is 10.5. The van der Waals surface area contributed by atoms with Crippen LogP contribution in [0.4, 0.5) is 0 Å². The van der Waals surface area contributed by atoms with Crippen LogP contribution >= 0.6 is 0 Å². The Bertz CT molecular complexity index is 891. The van der Waals surface area contributed by atoms with E-state index in [0.29, 0.717) is 10.5 Å². The van der Waals surface area contributed by atoms with Crippen LogP contribution in [-0.2, 0) is 15.4 Å². The molecule has 27 heavy (non-hydrogen) atoms. The summed E-state index contributed by atoms with van der Waals surface area (Å²) in [7, 11) is -3.65. The topological polar surface area (TPSA) is 75.3 Å². The summed E-state index contributed by atoms with van der Waals surface area (Å²) in [5.41, 5.74) is 3.05. The summed E-state index contributed by atoms with van der Waals surface area (Å²) in [6, 6.07) is 12.7. The van der Waals surface area contributed by atoms with Gasteiger partial charge >= 0.3 is 0 Å². The fourth-order valence-electron chi connectivity index (χ4n) is 2.93. The Kier molecular flexibility index (Phi) is 6.44. The van der Waals surface area contributed by atoms with Gasteiger partial charge in [-0.1, -0.05) is 51.1 Å². The average molecular weight is 389 g/mol. The highest BCUT2D eigenvalue weighted by Gasteiger charge is 2.23. The molecule has 1 amide bonds. The largest absolute Gasteiger partial charge is 0.351 e. The van der Waals surface area contributed by atoms with Crippen molar-refractivity contribution < 1.29 is 13.2 Å². The molecule has 6 heteroatoms. The molecule has 0 saturated heterocycles. The molecule has 0 heterocycles. The van der Waals surface area contributed by atoms with Gasteiger partial charge in [0, 0.05) is 18.7 Å². The summed E-state index contributed by atoms with van der Waals surface area (Å²) in [5.74, 6) is -0.225. The molecule has 0 saturated carbocycles. The lowest BCUT2D eigenvalue weighted by atomic mass is 9.85. The van der Waals surface area contributed by atoms with E-state index < -0.39 is 10.0 Å². The Balaban J connectivity index is 2.04. The lowest BCUT2D eigenvalue weighted by molar-refractivity contribution is 0.0954. The van der Waals surface area contributed by atoms with Gasteiger partial charge in [-0.3, -0.25) is 4.79 Å². The van der Waals surface area contributed by atoms with Gasteiger partial charge in [0.25, 0.3) is 5.91 Å². The number of amides is 1. The second-order valence-electron chi connectivity index (χ2n) is 7.71. The molecule has 2 aromatic rings. The predicted molar refractivity (Wildman–Crippen MR) is 109 cm³/mol. The number of carbonyl (C=O) groups is 1. The minimum Gasteiger partial charge on any atom is -0.351 e. The van der Waals surface area contributed by atoms with E-state index >= 15 is 0 Å². The molecule has 0 bridgehead atoms. The highest BCUT2D eigenvalue weighted by molar-refractivity contribution is 7.89. The minimum absolute atomic E-state index is 0.0487. The van der Waals surface area contributed by atoms with Gasteiger partial charge in [0.1, 0.15) is 0 Å². The average Bonchev–Trinajstić information content (AvgIpc) is 2.57. The van der Waals surface area contributed by atoms with E-state index in [1.54, 1.807) is 24.3 Å². The van der Waals surface area contributed by atoms with Gasteiger partial charge in [0.15, 0.2) is 0 Å². The number of carbonyl (C=O) groups excluding carboxylic acids is 1. The second kappa shape index (κ2) is 8.23. The van der Waals surface area contributed by atoms with Gasteiger partial charge in [-0.05, 0) is 48.1 Å². The maximum Gasteiger partial charge on any atom is 0.251 e. The van der Waals surface area contributed by atoms with Crippen LogP contribution in [0.3, 0.4) is 0 Å². The van der Waals surface area contributed by atoms with Gasteiger partial charge in [-0.25, -0.2) is 13.1 Å². The van der Waals surface area contributed by atoms with Crippen molar-refractivity contribution in [3.63, 3.8) is 0 Å². The van der Waals surface area contributed by atoms with Crippen molar-refractivity contribution in [2.45, 2.75) is 44.9 Å². The van der Waals surface area contributed by atoms with Crippen LogP contribution in [0.1, 0.15) is 47.8 Å². The maximum absolute atomic E-state index is 12.7. The van der Waals surface area contributed by atoms with Crippen molar-refractivity contribution in [1.29, 1.82) is 0 Å². The minimum atomic E-state index is -3.65. The second-order valence-corrected chi connectivity index (χ2v) is 9.41. The predicted octanol–water partition coefficient (Wildman–Crippen LogP) is 3.31. The zero-order chi connectivity index (χ0) is 20.2. The van der Waals surface area contributed by atoms with E-state index in [2.05, 4.69) is 30.8 Å². The van der Waals surface area contributed by atoms with E-state index in [-0.39, 0.29) is 24.4 Å². The molecule has 2 N–H and O–H groups in total. The lowest BCUT2D eigenvalue weighted by Gasteiger charge is -2.22. The molecular weight excluding hydrogens is 360 g/mol. The zero-order valence-electron chi connectivity index (χ0n) is 16.6. The molecule has 0 unspecified atom stereocenters. The molecule has 0 fully saturated rings. The third-order valence-electron chi connectivity index (χ3n) is 4.33. The normalized spacial score (nSPS) is 12.0. The van der Waals surface area contributed by atoms with E-state index in [0.717, 1.165) is 16.7 Å². The van der Waals surface area contributed by atoms with Gasteiger partial charge in [-0.2, -0.15) is 0 Å². The molecule has 5 nitrogen and oxygen atoms in total. The van der Waals surface area contributed by atoms with Crippen molar-refractivity contribution in [2.24, 2.45) is 0 Å². The quantitative estimate of drug-likeness (QED) is 0.746. The monoisotopic (exact) mass is 388 g/mol. The highest BCUT2D eigenvalue weighted by atomic mass is 32.2. The molecule has 0 radical (unpaired) electrons. The van der Waals surface area contributed by atoms with E-state index in [1.165, 1.54) is 0 Å². The van der Waals surface area contributed by atoms with E-state index in [9.17, 15) is 13.2 Å². The van der Waals surface area contributed by atoms with E-state index in [1.807, 2.05) is 32.0 Å². The summed E-state index contributed by atoms with van der Waals surface area (Å²) >= 11 is 0. The summed E-state index contributed by atoms with van der Waals surface area (Å²) in [6.07, 6.45) is 0. The summed E-state index contributed by atoms with van der Waals surface area (Å²) in [4.78, 5) is 12.3. The molecule has 0 aromatic heterocycles. The number of nitrogens with one attached hydrogen (secondary N) is 2. The molecule has 2 rings (SSSR count). The van der Waals surface area contributed by atoms with Crippen LogP contribution in [-0.4, -0.2) is 27.4 Å². The number of hydrogen-bond acceptors (Lipinski definition) is 3. The molecule has 0 atom stereocenters. The molecule has 0 aliphatic heterocycles. The third kappa shape index (κ3) is 5.40. The first kappa shape index (κ1) is 21.1. The maximum atomic E-state index is 12.7. The number of benzene rings is 2. The van der Waals surface area contributed by atoms with Crippen LogP contribution in [0.25, 0.3) is 0 Å². The molecule has 0 aliphatic carbocycles. The lowest BCUT2D eigenvalue weighted by Crippen LogP contribution is -2.35. The van der Waals surface area contributed by atoms with Crippen LogP contribution < -0.4 is 10.0 Å². The van der Waals surface area contributed by atoms with Crippen LogP contribution in [0.5, 0.6) is 0 Å². The third-order valence-corrected chi connectivity index (χ3v) is 6.10. The zero-order valence-corrected chi connectivity index (χ0v) is 17.4. The highest BCUT2D eigenvalue weighted by Crippen LogP contribution is 2.28. The number of hydrogen-bond donors (Lipinski definition) is 2. The fraction of sp³-hybridized carbons (Fsp3) is 0.381. The van der Waals surface area contributed by atoms with Gasteiger partial charge in [-0.15, -0.1) is 0 Å². The standard InChI is InChI=1S/C21H28N2O3S/c1-15-13-18(21(3,4)5)14-16(2)19(15)27(25,26)23-12-11-22-20(24)17-9-7-6-8-10-17/h6-10,13-14,23H,11-12H2,1-5H3,(H,22,24). The van der Waals surface area contributed by atoms with Crippen molar-refractivity contribution in [1.82, 2.24) is 10.0 Å². The van der Waals surface area contributed by atoms with Crippen molar-refractivity contribution >= 4 is 15.9 Å². The fourth-order valence-corrected chi connectivity index (χ4v) is 4.41. The molecule has 2 aromatic carbocycles. The molecule has 0 spiro atoms. The van der Waals surface area contributed by atoms with Crippen molar-refractivity contribution in [2.75, 3.05) is 13.1 Å². The van der Waals surface area contributed by atoms with Gasteiger partial charge < -0.3 is 5.32 Å². The summed E-state index contributed by atoms with van der Waals surface area (Å²) < 4.78 is 28.0. The molecular formula is C21H28N2O3S. The Hall–Kier alpha value is -2.18. The Labute approximate surface area is 162 Å². The SMILES string of the molecule is Cc1cc(C(C)(C)C)cc(C)c1S(=O)(=O)NCCNC(=O)c1ccccc1. The number of rotatable bonds is 6. The Morgan fingerprint density at radius 3 is 2.04 bits per heavy atom. The summed E-state index contributed by atoms with van der Waals surface area (Å²) in [6.45, 7) is 10.3. The van der Waals surface area contributed by atoms with Gasteiger partial charge in [0.2, 0.25) is 10.0 Å². The van der Waals surface area contributed by atoms with E-state index in [4.69, 9.17) is 0 Å². The molecule has 146 valence electrons.